The number of rotatable bonds is 6. The molecule has 0 bridgehead atoms. The molecule has 0 aliphatic carbocycles. The topological polar surface area (TPSA) is 121 Å². The first-order chi connectivity index (χ1) is 15.3. The molecule has 1 atom stereocenters. The molecule has 3 rings (SSSR count). The lowest BCUT2D eigenvalue weighted by molar-refractivity contribution is 0.101. The molecule has 1 heterocycles. The van der Waals surface area contributed by atoms with Crippen molar-refractivity contribution < 1.29 is 9.59 Å². The predicted octanol–water partition coefficient (Wildman–Crippen LogP) is 5.15. The van der Waals surface area contributed by atoms with E-state index in [0.29, 0.717) is 29.2 Å². The maximum atomic E-state index is 12.7. The van der Waals surface area contributed by atoms with Crippen LogP contribution in [0.3, 0.4) is 0 Å². The third kappa shape index (κ3) is 5.23. The number of nitriles is 1. The molecule has 7 nitrogen and oxygen atoms in total. The van der Waals surface area contributed by atoms with Crippen LogP contribution in [0.2, 0.25) is 5.02 Å². The monoisotopic (exact) mass is 447 g/mol. The van der Waals surface area contributed by atoms with Crippen LogP contribution in [-0.2, 0) is 0 Å². The number of hydrogen-bond acceptors (Lipinski definition) is 5. The number of carbonyl (C=O) groups excluding carboxylic acids is 2. The van der Waals surface area contributed by atoms with Crippen LogP contribution in [0.15, 0.2) is 54.7 Å². The van der Waals surface area contributed by atoms with Gasteiger partial charge in [-0.1, -0.05) is 30.7 Å². The van der Waals surface area contributed by atoms with Gasteiger partial charge in [-0.05, 0) is 60.9 Å². The summed E-state index contributed by atoms with van der Waals surface area (Å²) >= 11 is 6.22. The Balaban J connectivity index is 1.79. The highest BCUT2D eigenvalue weighted by molar-refractivity contribution is 6.34. The maximum Gasteiger partial charge on any atom is 0.257 e. The summed E-state index contributed by atoms with van der Waals surface area (Å²) in [6, 6.07) is 15.5. The zero-order valence-electron chi connectivity index (χ0n) is 17.6. The van der Waals surface area contributed by atoms with Crippen LogP contribution in [-0.4, -0.2) is 16.8 Å². The molecule has 0 saturated heterocycles. The van der Waals surface area contributed by atoms with Gasteiger partial charge in [-0.15, -0.1) is 0 Å². The van der Waals surface area contributed by atoms with E-state index in [2.05, 4.69) is 21.7 Å². The van der Waals surface area contributed by atoms with Crippen LogP contribution >= 0.6 is 11.6 Å². The third-order valence-electron chi connectivity index (χ3n) is 4.96. The van der Waals surface area contributed by atoms with Crippen molar-refractivity contribution in [2.24, 2.45) is 0 Å². The maximum absolute atomic E-state index is 12.7. The minimum absolute atomic E-state index is 0.197. The predicted molar refractivity (Wildman–Crippen MR) is 126 cm³/mol. The minimum Gasteiger partial charge on any atom is -0.383 e. The average Bonchev–Trinajstić information content (AvgIpc) is 2.78. The highest BCUT2D eigenvalue weighted by Gasteiger charge is 2.15. The molecule has 0 saturated carbocycles. The van der Waals surface area contributed by atoms with E-state index < -0.39 is 5.91 Å². The molecule has 1 aromatic heterocycles. The van der Waals surface area contributed by atoms with Crippen molar-refractivity contribution in [1.29, 1.82) is 5.26 Å². The van der Waals surface area contributed by atoms with E-state index in [0.717, 1.165) is 11.1 Å². The number of nitrogens with two attached hydrogens (primary N) is 1. The molecule has 0 spiro atoms. The lowest BCUT2D eigenvalue weighted by atomic mass is 9.96. The van der Waals surface area contributed by atoms with Gasteiger partial charge in [0.1, 0.15) is 5.82 Å². The first-order valence-electron chi connectivity index (χ1n) is 9.96. The van der Waals surface area contributed by atoms with Crippen LogP contribution in [0.25, 0.3) is 0 Å². The van der Waals surface area contributed by atoms with Crippen molar-refractivity contribution in [3.05, 3.63) is 82.0 Å². The number of aromatic nitrogens is 1. The Kier molecular flexibility index (Phi) is 7.08. The Hall–Kier alpha value is -3.89. The number of aryl methyl sites for hydroxylation is 1. The summed E-state index contributed by atoms with van der Waals surface area (Å²) in [6.45, 7) is 3.71. The quantitative estimate of drug-likeness (QED) is 0.482. The van der Waals surface area contributed by atoms with Crippen LogP contribution in [0.5, 0.6) is 0 Å². The summed E-state index contributed by atoms with van der Waals surface area (Å²) < 4.78 is 0. The molecule has 1 unspecified atom stereocenters. The van der Waals surface area contributed by atoms with Gasteiger partial charge in [0.25, 0.3) is 11.8 Å². The number of nitrogens with one attached hydrogen (secondary N) is 2. The van der Waals surface area contributed by atoms with Gasteiger partial charge in [0.05, 0.1) is 34.5 Å². The molecule has 2 amide bonds. The zero-order chi connectivity index (χ0) is 23.3. The minimum atomic E-state index is -0.445. The molecule has 3 aromatic rings. The molecule has 4 N–H and O–H groups in total. The number of benzene rings is 2. The molecule has 162 valence electrons. The van der Waals surface area contributed by atoms with Gasteiger partial charge in [0, 0.05) is 11.3 Å². The molecule has 0 radical (unpaired) electrons. The second-order valence-electron chi connectivity index (χ2n) is 7.24. The van der Waals surface area contributed by atoms with Gasteiger partial charge in [-0.25, -0.2) is 4.98 Å². The Morgan fingerprint density at radius 3 is 2.56 bits per heavy atom. The number of nitrogens with zero attached hydrogens (tertiary/aromatic N) is 2. The second-order valence-corrected chi connectivity index (χ2v) is 7.65. The summed E-state index contributed by atoms with van der Waals surface area (Å²) in [7, 11) is 0. The van der Waals surface area contributed by atoms with Crippen molar-refractivity contribution in [1.82, 2.24) is 4.98 Å². The van der Waals surface area contributed by atoms with Gasteiger partial charge < -0.3 is 16.4 Å². The van der Waals surface area contributed by atoms with Crippen molar-refractivity contribution in [2.45, 2.75) is 26.2 Å². The first-order valence-corrected chi connectivity index (χ1v) is 10.3. The lowest BCUT2D eigenvalue weighted by Crippen LogP contribution is -2.15. The fourth-order valence-corrected chi connectivity index (χ4v) is 3.33. The summed E-state index contributed by atoms with van der Waals surface area (Å²) in [4.78, 5) is 29.5. The Morgan fingerprint density at radius 1 is 1.12 bits per heavy atom. The number of nitrogen functional groups attached to an aromatic ring is 1. The summed E-state index contributed by atoms with van der Waals surface area (Å²) in [5.41, 5.74) is 8.73. The van der Waals surface area contributed by atoms with E-state index in [1.807, 2.05) is 13.0 Å². The standard InChI is InChI=1S/C24H22ClN5O2/c1-3-15(12-26)16-5-4-6-17(10-16)23(31)29-18-7-8-21(25)20(11-18)24(32)30-19-9-14(2)22(27)28-13-19/h4-11,13,15H,3H2,1-2H3,(H2,27,28)(H,29,31)(H,30,32). The summed E-state index contributed by atoms with van der Waals surface area (Å²) in [5, 5.41) is 15.0. The Labute approximate surface area is 191 Å². The first kappa shape index (κ1) is 22.8. The fraction of sp³-hybridized carbons (Fsp3) is 0.167. The smallest absolute Gasteiger partial charge is 0.257 e. The summed E-state index contributed by atoms with van der Waals surface area (Å²) in [6.07, 6.45) is 2.11. The lowest BCUT2D eigenvalue weighted by Gasteiger charge is -2.12. The average molecular weight is 448 g/mol. The van der Waals surface area contributed by atoms with Gasteiger partial charge in [0.2, 0.25) is 0 Å². The Morgan fingerprint density at radius 2 is 1.88 bits per heavy atom. The van der Waals surface area contributed by atoms with E-state index in [1.165, 1.54) is 18.3 Å². The third-order valence-corrected chi connectivity index (χ3v) is 5.29. The van der Waals surface area contributed by atoms with Crippen LogP contribution in [0.1, 0.15) is 51.1 Å². The van der Waals surface area contributed by atoms with E-state index in [1.54, 1.807) is 37.3 Å². The molecule has 0 aliphatic heterocycles. The number of halogens is 1. The van der Waals surface area contributed by atoms with Crippen LogP contribution in [0, 0.1) is 18.3 Å². The molecule has 0 aliphatic rings. The SMILES string of the molecule is CCC(C#N)c1cccc(C(=O)Nc2ccc(Cl)c(C(=O)Nc3cnc(N)c(C)c3)c2)c1. The van der Waals surface area contributed by atoms with Gasteiger partial charge >= 0.3 is 0 Å². The highest BCUT2D eigenvalue weighted by Crippen LogP contribution is 2.24. The summed E-state index contributed by atoms with van der Waals surface area (Å²) in [5.74, 6) is -0.694. The van der Waals surface area contributed by atoms with E-state index >= 15 is 0 Å². The number of anilines is 3. The van der Waals surface area contributed by atoms with E-state index in [9.17, 15) is 14.9 Å². The fourth-order valence-electron chi connectivity index (χ4n) is 3.13. The number of amides is 2. The molecule has 8 heteroatoms. The highest BCUT2D eigenvalue weighted by atomic mass is 35.5. The number of carbonyl (C=O) groups is 2. The normalized spacial score (nSPS) is 11.3. The molecule has 2 aromatic carbocycles. The number of pyridine rings is 1. The molecular formula is C24H22ClN5O2. The molecule has 0 fully saturated rings. The molecular weight excluding hydrogens is 426 g/mol. The number of hydrogen-bond donors (Lipinski definition) is 3. The van der Waals surface area contributed by atoms with Gasteiger partial charge in [0.15, 0.2) is 0 Å². The second kappa shape index (κ2) is 9.94. The van der Waals surface area contributed by atoms with Crippen LogP contribution < -0.4 is 16.4 Å². The van der Waals surface area contributed by atoms with Crippen molar-refractivity contribution in [3.63, 3.8) is 0 Å². The van der Waals surface area contributed by atoms with Gasteiger partial charge in [-0.2, -0.15) is 5.26 Å². The van der Waals surface area contributed by atoms with Crippen molar-refractivity contribution in [3.8, 4) is 6.07 Å². The Bertz CT molecular complexity index is 1220. The van der Waals surface area contributed by atoms with E-state index in [4.69, 9.17) is 17.3 Å². The zero-order valence-corrected chi connectivity index (χ0v) is 18.4. The largest absolute Gasteiger partial charge is 0.383 e. The van der Waals surface area contributed by atoms with E-state index in [-0.39, 0.29) is 22.4 Å². The van der Waals surface area contributed by atoms with Crippen molar-refractivity contribution >= 4 is 40.6 Å². The van der Waals surface area contributed by atoms with Crippen molar-refractivity contribution in [2.75, 3.05) is 16.4 Å². The van der Waals surface area contributed by atoms with Gasteiger partial charge in [-0.3, -0.25) is 9.59 Å². The van der Waals surface area contributed by atoms with Crippen LogP contribution in [0.4, 0.5) is 17.2 Å². The molecule has 32 heavy (non-hydrogen) atoms.